The fourth-order valence-electron chi connectivity index (χ4n) is 2.84. The Kier molecular flexibility index (Phi) is 4.97. The Morgan fingerprint density at radius 3 is 2.80 bits per heavy atom. The number of unbranched alkanes of at least 4 members (excludes halogenated alkanes) is 2. The SMILES string of the molecule is CCCCCOC(=O)C1=C(C)Nc2nnnn2[C@@H]1c1ccc(O)cc1. The Bertz CT molecular complexity index is 782. The summed E-state index contributed by atoms with van der Waals surface area (Å²) in [7, 11) is 0. The summed E-state index contributed by atoms with van der Waals surface area (Å²) in [6.45, 7) is 4.28. The minimum absolute atomic E-state index is 0.152. The van der Waals surface area contributed by atoms with Crippen LogP contribution in [-0.2, 0) is 9.53 Å². The highest BCUT2D eigenvalue weighted by molar-refractivity contribution is 5.92. The molecule has 25 heavy (non-hydrogen) atoms. The number of nitrogens with one attached hydrogen (secondary N) is 1. The number of phenolic OH excluding ortho intramolecular Hbond substituents is 1. The zero-order valence-corrected chi connectivity index (χ0v) is 14.3. The molecule has 2 aromatic rings. The molecule has 0 amide bonds. The second-order valence-electron chi connectivity index (χ2n) is 5.95. The number of allylic oxidation sites excluding steroid dienone is 1. The van der Waals surface area contributed by atoms with Crippen LogP contribution in [0.3, 0.4) is 0 Å². The van der Waals surface area contributed by atoms with Crippen LogP contribution in [0.25, 0.3) is 0 Å². The van der Waals surface area contributed by atoms with Crippen molar-refractivity contribution in [1.82, 2.24) is 20.2 Å². The Morgan fingerprint density at radius 2 is 2.08 bits per heavy atom. The highest BCUT2D eigenvalue weighted by Crippen LogP contribution is 2.35. The largest absolute Gasteiger partial charge is 0.508 e. The summed E-state index contributed by atoms with van der Waals surface area (Å²) in [6, 6.07) is 6.12. The number of hydrogen-bond donors (Lipinski definition) is 2. The molecule has 8 nitrogen and oxygen atoms in total. The number of carbonyl (C=O) groups is 1. The Balaban J connectivity index is 1.92. The molecule has 0 unspecified atom stereocenters. The maximum absolute atomic E-state index is 12.7. The van der Waals surface area contributed by atoms with Gasteiger partial charge in [-0.15, -0.1) is 0 Å². The number of nitrogens with zero attached hydrogens (tertiary/aromatic N) is 4. The van der Waals surface area contributed by atoms with Crippen LogP contribution in [0.15, 0.2) is 35.5 Å². The van der Waals surface area contributed by atoms with Crippen LogP contribution >= 0.6 is 0 Å². The van der Waals surface area contributed by atoms with E-state index < -0.39 is 6.04 Å². The molecule has 132 valence electrons. The predicted octanol–water partition coefficient (Wildman–Crippen LogP) is 2.40. The van der Waals surface area contributed by atoms with E-state index in [0.29, 0.717) is 23.8 Å². The van der Waals surface area contributed by atoms with Gasteiger partial charge in [-0.25, -0.2) is 4.79 Å². The van der Waals surface area contributed by atoms with Gasteiger partial charge in [-0.05, 0) is 41.5 Å². The predicted molar refractivity (Wildman–Crippen MR) is 90.9 cm³/mol. The summed E-state index contributed by atoms with van der Waals surface area (Å²) in [6.07, 6.45) is 2.91. The van der Waals surface area contributed by atoms with Gasteiger partial charge in [0, 0.05) is 5.70 Å². The average Bonchev–Trinajstić information content (AvgIpc) is 3.06. The third-order valence-corrected chi connectivity index (χ3v) is 4.12. The van der Waals surface area contributed by atoms with Crippen LogP contribution < -0.4 is 5.32 Å². The van der Waals surface area contributed by atoms with E-state index in [-0.39, 0.29) is 11.7 Å². The first-order chi connectivity index (χ1) is 12.1. The zero-order valence-electron chi connectivity index (χ0n) is 14.3. The highest BCUT2D eigenvalue weighted by Gasteiger charge is 2.34. The Morgan fingerprint density at radius 1 is 1.32 bits per heavy atom. The van der Waals surface area contributed by atoms with Gasteiger partial charge in [-0.3, -0.25) is 0 Å². The molecule has 2 heterocycles. The smallest absolute Gasteiger partial charge is 0.338 e. The number of benzene rings is 1. The summed E-state index contributed by atoms with van der Waals surface area (Å²) in [5.41, 5.74) is 1.90. The number of ether oxygens (including phenoxy) is 1. The van der Waals surface area contributed by atoms with Crippen molar-refractivity contribution >= 4 is 11.9 Å². The molecule has 0 aliphatic carbocycles. The topological polar surface area (TPSA) is 102 Å². The van der Waals surface area contributed by atoms with Gasteiger partial charge in [0.05, 0.1) is 12.2 Å². The minimum atomic E-state index is -0.509. The number of aromatic hydroxyl groups is 1. The van der Waals surface area contributed by atoms with E-state index in [2.05, 4.69) is 27.8 Å². The van der Waals surface area contributed by atoms with Gasteiger partial charge < -0.3 is 15.2 Å². The first kappa shape index (κ1) is 16.9. The van der Waals surface area contributed by atoms with Crippen LogP contribution in [0.5, 0.6) is 5.75 Å². The number of carbonyl (C=O) groups excluding carboxylic acids is 1. The van der Waals surface area contributed by atoms with Gasteiger partial charge in [0.2, 0.25) is 5.95 Å². The molecule has 0 radical (unpaired) electrons. The van der Waals surface area contributed by atoms with Crippen LogP contribution in [0, 0.1) is 0 Å². The van der Waals surface area contributed by atoms with E-state index in [1.54, 1.807) is 35.9 Å². The molecule has 1 aromatic carbocycles. The molecule has 8 heteroatoms. The third-order valence-electron chi connectivity index (χ3n) is 4.12. The van der Waals surface area contributed by atoms with Crippen molar-refractivity contribution in [1.29, 1.82) is 0 Å². The number of esters is 1. The van der Waals surface area contributed by atoms with Gasteiger partial charge in [-0.1, -0.05) is 37.0 Å². The maximum Gasteiger partial charge on any atom is 0.338 e. The van der Waals surface area contributed by atoms with Crippen molar-refractivity contribution in [3.63, 3.8) is 0 Å². The van der Waals surface area contributed by atoms with Crippen LogP contribution in [0.1, 0.15) is 44.7 Å². The van der Waals surface area contributed by atoms with Crippen molar-refractivity contribution in [3.05, 3.63) is 41.1 Å². The van der Waals surface area contributed by atoms with E-state index in [1.165, 1.54) is 0 Å². The van der Waals surface area contributed by atoms with Gasteiger partial charge in [-0.2, -0.15) is 4.68 Å². The fraction of sp³-hybridized carbons (Fsp3) is 0.412. The number of fused-ring (bicyclic) bond motifs is 1. The summed E-state index contributed by atoms with van der Waals surface area (Å²) >= 11 is 0. The fourth-order valence-corrected chi connectivity index (χ4v) is 2.84. The molecular weight excluding hydrogens is 322 g/mol. The van der Waals surface area contributed by atoms with Crippen molar-refractivity contribution in [2.24, 2.45) is 0 Å². The van der Waals surface area contributed by atoms with Gasteiger partial charge in [0.15, 0.2) is 0 Å². The molecule has 3 rings (SSSR count). The second kappa shape index (κ2) is 7.33. The van der Waals surface area contributed by atoms with Crippen molar-refractivity contribution in [2.75, 3.05) is 11.9 Å². The third kappa shape index (κ3) is 3.47. The van der Waals surface area contributed by atoms with Crippen LogP contribution in [0.4, 0.5) is 5.95 Å². The zero-order chi connectivity index (χ0) is 17.8. The monoisotopic (exact) mass is 343 g/mol. The van der Waals surface area contributed by atoms with E-state index in [4.69, 9.17) is 4.74 Å². The summed E-state index contributed by atoms with van der Waals surface area (Å²) < 4.78 is 7.00. The number of aromatic nitrogens is 4. The second-order valence-corrected chi connectivity index (χ2v) is 5.95. The van der Waals surface area contributed by atoms with Crippen molar-refractivity contribution in [3.8, 4) is 5.75 Å². The number of phenols is 1. The maximum atomic E-state index is 12.7. The number of tetrazole rings is 1. The lowest BCUT2D eigenvalue weighted by Gasteiger charge is -2.27. The van der Waals surface area contributed by atoms with E-state index in [1.807, 2.05) is 0 Å². The van der Waals surface area contributed by atoms with E-state index >= 15 is 0 Å². The first-order valence-corrected chi connectivity index (χ1v) is 8.33. The molecule has 2 N–H and O–H groups in total. The Labute approximate surface area is 145 Å². The molecule has 1 aromatic heterocycles. The lowest BCUT2D eigenvalue weighted by molar-refractivity contribution is -0.139. The molecule has 1 aliphatic rings. The van der Waals surface area contributed by atoms with E-state index in [9.17, 15) is 9.90 Å². The standard InChI is InChI=1S/C17H21N5O3/c1-3-4-5-10-25-16(24)14-11(2)18-17-19-20-21-22(17)15(14)12-6-8-13(23)9-7-12/h6-9,15,23H,3-5,10H2,1-2H3,(H,18,19,21)/t15-/m1/s1. The summed E-state index contributed by atoms with van der Waals surface area (Å²) in [5.74, 6) is 0.220. The molecule has 0 saturated heterocycles. The molecule has 0 spiro atoms. The Hall–Kier alpha value is -2.90. The molecule has 0 fully saturated rings. The lowest BCUT2D eigenvalue weighted by Crippen LogP contribution is -2.29. The normalized spacial score (nSPS) is 16.3. The number of anilines is 1. The minimum Gasteiger partial charge on any atom is -0.508 e. The van der Waals surface area contributed by atoms with Gasteiger partial charge in [0.1, 0.15) is 11.8 Å². The number of rotatable bonds is 6. The van der Waals surface area contributed by atoms with Crippen LogP contribution in [-0.4, -0.2) is 37.9 Å². The van der Waals surface area contributed by atoms with Crippen molar-refractivity contribution < 1.29 is 14.6 Å². The molecule has 1 aliphatic heterocycles. The lowest BCUT2D eigenvalue weighted by atomic mass is 9.96. The van der Waals surface area contributed by atoms with Crippen molar-refractivity contribution in [2.45, 2.75) is 39.2 Å². The van der Waals surface area contributed by atoms with E-state index in [0.717, 1.165) is 24.8 Å². The molecule has 1 atom stereocenters. The summed E-state index contributed by atoms with van der Waals surface area (Å²) in [4.78, 5) is 12.7. The average molecular weight is 343 g/mol. The summed E-state index contributed by atoms with van der Waals surface area (Å²) in [5, 5.41) is 24.2. The highest BCUT2D eigenvalue weighted by atomic mass is 16.5. The van der Waals surface area contributed by atoms with Gasteiger partial charge in [0.25, 0.3) is 0 Å². The van der Waals surface area contributed by atoms with Crippen LogP contribution in [0.2, 0.25) is 0 Å². The first-order valence-electron chi connectivity index (χ1n) is 8.33. The molecular formula is C17H21N5O3. The molecule has 0 saturated carbocycles. The van der Waals surface area contributed by atoms with Gasteiger partial charge >= 0.3 is 5.97 Å². The molecule has 0 bridgehead atoms. The number of hydrogen-bond acceptors (Lipinski definition) is 7. The quantitative estimate of drug-likeness (QED) is 0.613.